The van der Waals surface area contributed by atoms with E-state index in [1.165, 1.54) is 0 Å². The van der Waals surface area contributed by atoms with E-state index in [0.717, 1.165) is 11.1 Å². The number of hydrogen-bond acceptors (Lipinski definition) is 4. The Morgan fingerprint density at radius 1 is 1.47 bits per heavy atom. The van der Waals surface area contributed by atoms with Crippen molar-refractivity contribution in [3.63, 3.8) is 0 Å². The van der Waals surface area contributed by atoms with E-state index < -0.39 is 12.0 Å². The van der Waals surface area contributed by atoms with Crippen LogP contribution in [-0.4, -0.2) is 31.3 Å². The van der Waals surface area contributed by atoms with Gasteiger partial charge in [0.2, 0.25) is 0 Å². The van der Waals surface area contributed by atoms with Crippen LogP contribution in [0.15, 0.2) is 18.2 Å². The minimum Gasteiger partial charge on any atom is -0.496 e. The Hall–Kier alpha value is -1.59. The van der Waals surface area contributed by atoms with Gasteiger partial charge in [-0.15, -0.1) is 0 Å². The Kier molecular flexibility index (Phi) is 4.93. The fraction of sp³-hybridized carbons (Fsp3) is 0.417. The molecule has 0 heterocycles. The fourth-order valence-electron chi connectivity index (χ4n) is 1.63. The number of methoxy groups -OCH3 is 2. The fourth-order valence-corrected chi connectivity index (χ4v) is 1.63. The molecule has 17 heavy (non-hydrogen) atoms. The van der Waals surface area contributed by atoms with Crippen LogP contribution < -0.4 is 10.5 Å². The van der Waals surface area contributed by atoms with Crippen molar-refractivity contribution < 1.29 is 19.4 Å². The van der Waals surface area contributed by atoms with Crippen molar-refractivity contribution in [3.05, 3.63) is 29.3 Å². The highest BCUT2D eigenvalue weighted by Crippen LogP contribution is 2.24. The van der Waals surface area contributed by atoms with Crippen LogP contribution in [0.3, 0.4) is 0 Å². The number of ether oxygens (including phenoxy) is 2. The molecule has 1 unspecified atom stereocenters. The average molecular weight is 239 g/mol. The molecular formula is C12H17NO4. The molecule has 94 valence electrons. The third-order valence-corrected chi connectivity index (χ3v) is 2.50. The Labute approximate surface area is 100 Å². The molecular weight excluding hydrogens is 222 g/mol. The lowest BCUT2D eigenvalue weighted by Gasteiger charge is -2.14. The van der Waals surface area contributed by atoms with Crippen LogP contribution in [0.5, 0.6) is 5.75 Å². The van der Waals surface area contributed by atoms with E-state index in [1.54, 1.807) is 14.2 Å². The molecule has 0 aliphatic carbocycles. The molecule has 0 aliphatic heterocycles. The number of carboxylic acids is 1. The molecule has 5 heteroatoms. The van der Waals surface area contributed by atoms with Crippen molar-refractivity contribution in [1.82, 2.24) is 0 Å². The van der Waals surface area contributed by atoms with Gasteiger partial charge < -0.3 is 20.3 Å². The highest BCUT2D eigenvalue weighted by Gasteiger charge is 2.16. The molecule has 0 spiro atoms. The minimum absolute atomic E-state index is 0.255. The topological polar surface area (TPSA) is 81.8 Å². The van der Waals surface area contributed by atoms with Crippen LogP contribution in [-0.2, 0) is 22.6 Å². The highest BCUT2D eigenvalue weighted by molar-refractivity contribution is 5.73. The van der Waals surface area contributed by atoms with Crippen LogP contribution in [0, 0.1) is 0 Å². The first-order chi connectivity index (χ1) is 8.10. The van der Waals surface area contributed by atoms with E-state index in [0.29, 0.717) is 12.4 Å². The van der Waals surface area contributed by atoms with Gasteiger partial charge in [-0.25, -0.2) is 0 Å². The first-order valence-corrected chi connectivity index (χ1v) is 5.22. The van der Waals surface area contributed by atoms with E-state index in [4.69, 9.17) is 20.3 Å². The van der Waals surface area contributed by atoms with Gasteiger partial charge in [0.05, 0.1) is 13.7 Å². The monoisotopic (exact) mass is 239 g/mol. The molecule has 1 aromatic carbocycles. The molecule has 0 saturated heterocycles. The minimum atomic E-state index is -1.02. The molecule has 1 atom stereocenters. The van der Waals surface area contributed by atoms with Crippen LogP contribution in [0.25, 0.3) is 0 Å². The van der Waals surface area contributed by atoms with Gasteiger partial charge in [0.1, 0.15) is 11.8 Å². The second-order valence-corrected chi connectivity index (χ2v) is 3.68. The zero-order valence-corrected chi connectivity index (χ0v) is 9.97. The van der Waals surface area contributed by atoms with Crippen LogP contribution in [0.2, 0.25) is 0 Å². The normalized spacial score (nSPS) is 12.2. The largest absolute Gasteiger partial charge is 0.496 e. The molecule has 0 bridgehead atoms. The number of benzene rings is 1. The maximum Gasteiger partial charge on any atom is 0.320 e. The van der Waals surface area contributed by atoms with Crippen LogP contribution >= 0.6 is 0 Å². The van der Waals surface area contributed by atoms with E-state index in [1.807, 2.05) is 18.2 Å². The standard InChI is InChI=1S/C12H17NO4/c1-16-7-9-8(6-10(13)12(14)15)4-3-5-11(9)17-2/h3-5,10H,6-7,13H2,1-2H3,(H,14,15). The lowest BCUT2D eigenvalue weighted by atomic mass is 10.00. The van der Waals surface area contributed by atoms with Gasteiger partial charge in [-0.3, -0.25) is 4.79 Å². The van der Waals surface area contributed by atoms with Crippen molar-refractivity contribution in [2.75, 3.05) is 14.2 Å². The van der Waals surface area contributed by atoms with Gasteiger partial charge in [-0.1, -0.05) is 12.1 Å². The zero-order valence-electron chi connectivity index (χ0n) is 9.97. The molecule has 5 nitrogen and oxygen atoms in total. The summed E-state index contributed by atoms with van der Waals surface area (Å²) in [4.78, 5) is 10.7. The van der Waals surface area contributed by atoms with E-state index in [2.05, 4.69) is 0 Å². The maximum absolute atomic E-state index is 10.7. The lowest BCUT2D eigenvalue weighted by molar-refractivity contribution is -0.138. The van der Waals surface area contributed by atoms with Gasteiger partial charge in [-0.2, -0.15) is 0 Å². The molecule has 0 aliphatic rings. The number of nitrogens with two attached hydrogens (primary N) is 1. The van der Waals surface area contributed by atoms with Crippen molar-refractivity contribution in [2.24, 2.45) is 5.73 Å². The van der Waals surface area contributed by atoms with E-state index in [9.17, 15) is 4.79 Å². The molecule has 0 aromatic heterocycles. The number of carbonyl (C=O) groups is 1. The zero-order chi connectivity index (χ0) is 12.8. The first kappa shape index (κ1) is 13.5. The summed E-state index contributed by atoms with van der Waals surface area (Å²) in [5, 5.41) is 8.80. The summed E-state index contributed by atoms with van der Waals surface area (Å²) in [6.45, 7) is 0.367. The summed E-state index contributed by atoms with van der Waals surface area (Å²) in [6, 6.07) is 4.53. The number of carboxylic acid groups (broad SMARTS) is 1. The summed E-state index contributed by atoms with van der Waals surface area (Å²) in [5.41, 5.74) is 7.20. The Balaban J connectivity index is 3.00. The molecule has 1 rings (SSSR count). The van der Waals surface area contributed by atoms with Gasteiger partial charge in [0, 0.05) is 12.7 Å². The molecule has 1 aromatic rings. The van der Waals surface area contributed by atoms with Crippen LogP contribution in [0.1, 0.15) is 11.1 Å². The molecule has 0 saturated carbocycles. The summed E-state index contributed by atoms with van der Waals surface area (Å²) >= 11 is 0. The third-order valence-electron chi connectivity index (χ3n) is 2.50. The van der Waals surface area contributed by atoms with Gasteiger partial charge >= 0.3 is 5.97 Å². The van der Waals surface area contributed by atoms with E-state index in [-0.39, 0.29) is 6.42 Å². The maximum atomic E-state index is 10.7. The number of rotatable bonds is 6. The third kappa shape index (κ3) is 3.44. The molecule has 0 fully saturated rings. The van der Waals surface area contributed by atoms with Crippen molar-refractivity contribution in [2.45, 2.75) is 19.1 Å². The van der Waals surface area contributed by atoms with Gasteiger partial charge in [-0.05, 0) is 18.1 Å². The summed E-state index contributed by atoms with van der Waals surface area (Å²) < 4.78 is 10.3. The van der Waals surface area contributed by atoms with Gasteiger partial charge in [0.15, 0.2) is 0 Å². The molecule has 0 amide bonds. The Morgan fingerprint density at radius 2 is 2.18 bits per heavy atom. The predicted octanol–water partition coefficient (Wildman–Crippen LogP) is 0.796. The SMILES string of the molecule is COCc1c(CC(N)C(=O)O)cccc1OC. The quantitative estimate of drug-likeness (QED) is 0.767. The molecule has 0 radical (unpaired) electrons. The van der Waals surface area contributed by atoms with Crippen LogP contribution in [0.4, 0.5) is 0 Å². The lowest BCUT2D eigenvalue weighted by Crippen LogP contribution is -2.32. The summed E-state index contributed by atoms with van der Waals surface area (Å²) in [5.74, 6) is -0.335. The van der Waals surface area contributed by atoms with Crippen molar-refractivity contribution in [3.8, 4) is 5.75 Å². The summed E-state index contributed by atoms with van der Waals surface area (Å²) in [7, 11) is 3.14. The predicted molar refractivity (Wildman–Crippen MR) is 63.0 cm³/mol. The second-order valence-electron chi connectivity index (χ2n) is 3.68. The average Bonchev–Trinajstić information content (AvgIpc) is 2.31. The highest BCUT2D eigenvalue weighted by atomic mass is 16.5. The number of hydrogen-bond donors (Lipinski definition) is 2. The van der Waals surface area contributed by atoms with E-state index >= 15 is 0 Å². The Bertz CT molecular complexity index is 392. The first-order valence-electron chi connectivity index (χ1n) is 5.22. The smallest absolute Gasteiger partial charge is 0.320 e. The Morgan fingerprint density at radius 3 is 2.71 bits per heavy atom. The summed E-state index contributed by atoms with van der Waals surface area (Å²) in [6.07, 6.45) is 0.255. The van der Waals surface area contributed by atoms with Crippen molar-refractivity contribution >= 4 is 5.97 Å². The molecule has 3 N–H and O–H groups in total. The van der Waals surface area contributed by atoms with Crippen molar-refractivity contribution in [1.29, 1.82) is 0 Å². The second kappa shape index (κ2) is 6.22. The van der Waals surface area contributed by atoms with Gasteiger partial charge in [0.25, 0.3) is 0 Å². The number of aliphatic carboxylic acids is 1.